The number of hydrogen-bond acceptors (Lipinski definition) is 7. The van der Waals surface area contributed by atoms with E-state index in [1.165, 1.54) is 6.92 Å². The van der Waals surface area contributed by atoms with Crippen molar-refractivity contribution >= 4 is 42.1 Å². The van der Waals surface area contributed by atoms with Crippen LogP contribution in [0, 0.1) is 5.92 Å². The maximum absolute atomic E-state index is 13.1. The van der Waals surface area contributed by atoms with Crippen LogP contribution in [0.5, 0.6) is 5.75 Å². The third-order valence-electron chi connectivity index (χ3n) is 5.17. The van der Waals surface area contributed by atoms with Gasteiger partial charge in [0.25, 0.3) is 0 Å². The number of phenolic OH excluding ortho intramolecular Hbond substituents is 1. The molecule has 2 atom stereocenters. The Bertz CT molecular complexity index is 1290. The second-order valence-electron chi connectivity index (χ2n) is 7.89. The van der Waals surface area contributed by atoms with E-state index in [-0.39, 0.29) is 28.8 Å². The molecule has 0 heterocycles. The molecule has 0 spiro atoms. The van der Waals surface area contributed by atoms with Gasteiger partial charge >= 0.3 is 211 Å². The van der Waals surface area contributed by atoms with E-state index in [1.807, 2.05) is 42.5 Å². The molecule has 0 saturated heterocycles. The first-order valence-electron chi connectivity index (χ1n) is 11.1. The predicted octanol–water partition coefficient (Wildman–Crippen LogP) is 2.55. The van der Waals surface area contributed by atoms with Gasteiger partial charge in [-0.1, -0.05) is 0 Å². The summed E-state index contributed by atoms with van der Waals surface area (Å²) in [6.07, 6.45) is -0.114. The number of esters is 1. The monoisotopic (exact) mass is 555 g/mol. The first kappa shape index (κ1) is 26.8. The molecule has 2 unspecified atom stereocenters. The average molecular weight is 555 g/mol. The fourth-order valence-corrected chi connectivity index (χ4v) is 5.93. The molecule has 0 aromatic heterocycles. The van der Waals surface area contributed by atoms with Crippen LogP contribution in [0.15, 0.2) is 72.8 Å². The van der Waals surface area contributed by atoms with Gasteiger partial charge in [0.2, 0.25) is 0 Å². The van der Waals surface area contributed by atoms with E-state index in [9.17, 15) is 27.3 Å². The number of nitrogens with one attached hydrogen (secondary N) is 1. The van der Waals surface area contributed by atoms with Gasteiger partial charge < -0.3 is 0 Å². The zero-order valence-corrected chi connectivity index (χ0v) is 21.6. The molecule has 0 aliphatic carbocycles. The number of amides is 1. The molecule has 3 aromatic carbocycles. The third-order valence-corrected chi connectivity index (χ3v) is 8.16. The van der Waals surface area contributed by atoms with Crippen LogP contribution in [0.25, 0.3) is 11.1 Å². The number of rotatable bonds is 9. The second kappa shape index (κ2) is 11.7. The summed E-state index contributed by atoms with van der Waals surface area (Å²) in [4.78, 5) is 37.0. The molecule has 3 rings (SSSR count). The minimum absolute atomic E-state index is 0.00197. The normalized spacial score (nSPS) is 13.2. The number of carbonyl (C=O) groups is 3. The number of hydrogen-bond donors (Lipinski definition) is 3. The molecular formula is C26H26AsNO8. The molecule has 10 heteroatoms. The molecule has 3 N–H and O–H groups in total. The first-order valence-corrected chi connectivity index (χ1v) is 14.4. The molecule has 0 radical (unpaired) electrons. The van der Waals surface area contributed by atoms with Crippen molar-refractivity contribution < 1.29 is 35.8 Å². The first-order chi connectivity index (χ1) is 17.1. The van der Waals surface area contributed by atoms with Gasteiger partial charge in [0.05, 0.1) is 0 Å². The van der Waals surface area contributed by atoms with E-state index in [2.05, 4.69) is 5.32 Å². The number of aromatic hydroxyl groups is 1. The molecule has 0 bridgehead atoms. The topological polar surface area (TPSA) is 139 Å². The Kier molecular flexibility index (Phi) is 8.74. The van der Waals surface area contributed by atoms with Gasteiger partial charge in [0.15, 0.2) is 0 Å². The summed E-state index contributed by atoms with van der Waals surface area (Å²) in [5.41, 5.74) is 2.38. The summed E-state index contributed by atoms with van der Waals surface area (Å²) < 4.78 is 33.3. The van der Waals surface area contributed by atoms with Gasteiger partial charge in [-0.2, -0.15) is 0 Å². The minimum atomic E-state index is -5.63. The van der Waals surface area contributed by atoms with Crippen molar-refractivity contribution in [1.82, 2.24) is 0 Å². The van der Waals surface area contributed by atoms with Crippen molar-refractivity contribution in [3.63, 3.8) is 0 Å². The van der Waals surface area contributed by atoms with Crippen molar-refractivity contribution in [1.29, 1.82) is 0 Å². The maximum atomic E-state index is 13.1. The van der Waals surface area contributed by atoms with Crippen LogP contribution in [0.2, 0.25) is 0 Å². The summed E-state index contributed by atoms with van der Waals surface area (Å²) in [6, 6.07) is 20.1. The van der Waals surface area contributed by atoms with Gasteiger partial charge in [-0.05, 0) is 0 Å². The van der Waals surface area contributed by atoms with Crippen LogP contribution in [0.3, 0.4) is 0 Å². The Morgan fingerprint density at radius 1 is 0.944 bits per heavy atom. The number of ether oxygens (including phenoxy) is 1. The number of benzene rings is 3. The standard InChI is InChI=1S/C26H26AsNO8/c1-3-35-25(31)22(15-18-9-11-20(12-10-18)19-7-5-4-6-8-19)26(32)36-27(33,34)23-14-13-21(30)16-24(23)28-17(2)29/h4-14,16,22,30H,3,15H2,1-2H3,(H,28,29)(H,33,34). The van der Waals surface area contributed by atoms with E-state index in [4.69, 9.17) is 8.46 Å². The summed E-state index contributed by atoms with van der Waals surface area (Å²) in [5.74, 6) is -4.44. The van der Waals surface area contributed by atoms with Crippen molar-refractivity contribution in [2.24, 2.45) is 5.92 Å². The van der Waals surface area contributed by atoms with Crippen molar-refractivity contribution in [2.45, 2.75) is 20.3 Å². The molecule has 0 aliphatic rings. The Morgan fingerprint density at radius 3 is 2.19 bits per heavy atom. The number of anilines is 1. The van der Waals surface area contributed by atoms with E-state index in [0.29, 0.717) is 5.56 Å². The van der Waals surface area contributed by atoms with Crippen LogP contribution >= 0.6 is 0 Å². The molecule has 36 heavy (non-hydrogen) atoms. The Morgan fingerprint density at radius 2 is 1.58 bits per heavy atom. The molecule has 188 valence electrons. The number of carbonyl (C=O) groups excluding carboxylic acids is 3. The Balaban J connectivity index is 1.84. The second-order valence-corrected chi connectivity index (χ2v) is 11.5. The molecule has 9 nitrogen and oxygen atoms in total. The van der Waals surface area contributed by atoms with Gasteiger partial charge in [-0.15, -0.1) is 0 Å². The Hall–Kier alpha value is -3.81. The molecule has 0 aliphatic heterocycles. The molecule has 0 saturated carbocycles. The van der Waals surface area contributed by atoms with Crippen LogP contribution in [-0.4, -0.2) is 47.8 Å². The van der Waals surface area contributed by atoms with E-state index in [0.717, 1.165) is 29.3 Å². The Labute approximate surface area is 211 Å². The summed E-state index contributed by atoms with van der Waals surface area (Å²) in [5, 5.41) is 12.0. The van der Waals surface area contributed by atoms with Gasteiger partial charge in [0, 0.05) is 0 Å². The van der Waals surface area contributed by atoms with Gasteiger partial charge in [-0.25, -0.2) is 0 Å². The summed E-state index contributed by atoms with van der Waals surface area (Å²) in [6.45, 7) is 2.75. The molecular weight excluding hydrogens is 529 g/mol. The van der Waals surface area contributed by atoms with Gasteiger partial charge in [-0.3, -0.25) is 0 Å². The molecule has 1 amide bonds. The summed E-state index contributed by atoms with van der Waals surface area (Å²) >= 11 is -5.63. The van der Waals surface area contributed by atoms with Crippen LogP contribution in [-0.2, 0) is 33.0 Å². The van der Waals surface area contributed by atoms with Crippen molar-refractivity contribution in [3.8, 4) is 16.9 Å². The van der Waals surface area contributed by atoms with Crippen LogP contribution < -0.4 is 9.67 Å². The van der Waals surface area contributed by atoms with Crippen LogP contribution in [0.1, 0.15) is 19.4 Å². The van der Waals surface area contributed by atoms with Crippen molar-refractivity contribution in [2.75, 3.05) is 11.9 Å². The molecule has 0 fully saturated rings. The fraction of sp³-hybridized carbons (Fsp3) is 0.192. The van der Waals surface area contributed by atoms with Gasteiger partial charge in [0.1, 0.15) is 0 Å². The third kappa shape index (κ3) is 6.87. The van der Waals surface area contributed by atoms with E-state index < -0.39 is 37.9 Å². The quantitative estimate of drug-likeness (QED) is 0.208. The predicted molar refractivity (Wildman–Crippen MR) is 133 cm³/mol. The SMILES string of the molecule is CCOC(=O)C(Cc1ccc(-c2ccccc2)cc1)C(=O)O[As](=O)(O)c1ccc(O)cc1NC(C)=O. The van der Waals surface area contributed by atoms with Crippen molar-refractivity contribution in [3.05, 3.63) is 78.4 Å². The average Bonchev–Trinajstić information content (AvgIpc) is 2.82. The van der Waals surface area contributed by atoms with Crippen LogP contribution in [0.4, 0.5) is 5.69 Å². The summed E-state index contributed by atoms with van der Waals surface area (Å²) in [7, 11) is 0. The fourth-order valence-electron chi connectivity index (χ4n) is 3.50. The zero-order valence-electron chi connectivity index (χ0n) is 19.7. The van der Waals surface area contributed by atoms with E-state index in [1.54, 1.807) is 19.1 Å². The van der Waals surface area contributed by atoms with E-state index >= 15 is 0 Å². The zero-order chi connectivity index (χ0) is 26.3. The molecule has 3 aromatic rings. The number of phenols is 1.